The Morgan fingerprint density at radius 2 is 1.89 bits per heavy atom. The first-order chi connectivity index (χ1) is 17.0. The summed E-state index contributed by atoms with van der Waals surface area (Å²) in [4.78, 5) is 27.7. The summed E-state index contributed by atoms with van der Waals surface area (Å²) in [5.41, 5.74) is 3.33. The topological polar surface area (TPSA) is 79.9 Å². The van der Waals surface area contributed by atoms with Crippen LogP contribution < -0.4 is 16.1 Å². The molecule has 1 aliphatic carbocycles. The van der Waals surface area contributed by atoms with Crippen molar-refractivity contribution in [3.63, 3.8) is 0 Å². The van der Waals surface area contributed by atoms with E-state index in [-0.39, 0.29) is 42.6 Å². The van der Waals surface area contributed by atoms with Gasteiger partial charge in [0.25, 0.3) is 0 Å². The summed E-state index contributed by atoms with van der Waals surface area (Å²) in [6, 6.07) is -0.972. The van der Waals surface area contributed by atoms with Crippen LogP contribution >= 0.6 is 11.6 Å². The smallest absolute Gasteiger partial charge is 0.355 e. The van der Waals surface area contributed by atoms with Crippen molar-refractivity contribution < 1.29 is 22.8 Å². The van der Waals surface area contributed by atoms with Crippen LogP contribution in [0.2, 0.25) is 0 Å². The van der Waals surface area contributed by atoms with E-state index in [0.717, 1.165) is 30.8 Å². The van der Waals surface area contributed by atoms with Crippen molar-refractivity contribution in [2.24, 2.45) is 17.8 Å². The second-order valence-corrected chi connectivity index (χ2v) is 12.0. The molecule has 204 valence electrons. The van der Waals surface area contributed by atoms with E-state index in [1.165, 1.54) is 7.05 Å². The third-order valence-corrected chi connectivity index (χ3v) is 9.54. The van der Waals surface area contributed by atoms with Crippen molar-refractivity contribution in [1.82, 2.24) is 30.9 Å². The van der Waals surface area contributed by atoms with Gasteiger partial charge in [-0.25, -0.2) is 10.4 Å². The summed E-state index contributed by atoms with van der Waals surface area (Å²) in [6.07, 6.45) is -0.191. The van der Waals surface area contributed by atoms with E-state index in [9.17, 15) is 22.8 Å². The van der Waals surface area contributed by atoms with Crippen molar-refractivity contribution in [3.8, 4) is 0 Å². The van der Waals surface area contributed by atoms with Crippen molar-refractivity contribution in [2.45, 2.75) is 93.9 Å². The van der Waals surface area contributed by atoms with E-state index in [4.69, 9.17) is 11.6 Å². The van der Waals surface area contributed by atoms with Gasteiger partial charge in [0.05, 0.1) is 17.6 Å². The Bertz CT molecular complexity index is 841. The van der Waals surface area contributed by atoms with E-state index in [2.05, 4.69) is 32.9 Å². The van der Waals surface area contributed by atoms with E-state index >= 15 is 0 Å². The summed E-state index contributed by atoms with van der Waals surface area (Å²) < 4.78 is 42.7. The van der Waals surface area contributed by atoms with Gasteiger partial charge in [-0.05, 0) is 50.5 Å². The number of carbonyl (C=O) groups excluding carboxylic acids is 2. The van der Waals surface area contributed by atoms with Crippen LogP contribution in [0.1, 0.15) is 51.9 Å². The minimum Gasteiger partial charge on any atom is -0.355 e. The molecule has 2 amide bonds. The number of alkyl halides is 4. The number of likely N-dealkylation sites (tertiary alicyclic amines) is 1. The zero-order valence-corrected chi connectivity index (χ0v) is 21.7. The van der Waals surface area contributed by atoms with Crippen LogP contribution in [0, 0.1) is 17.8 Å². The third-order valence-electron chi connectivity index (χ3n) is 9.27. The molecule has 0 spiro atoms. The lowest BCUT2D eigenvalue weighted by atomic mass is 9.77. The Labute approximate surface area is 215 Å². The number of nitrogens with zero attached hydrogens (tertiary/aromatic N) is 3. The first-order valence-electron chi connectivity index (χ1n) is 13.3. The van der Waals surface area contributed by atoms with Gasteiger partial charge in [0.1, 0.15) is 6.04 Å². The summed E-state index contributed by atoms with van der Waals surface area (Å²) in [6.45, 7) is 4.20. The fraction of sp³-hybridized carbons (Fsp3) is 0.917. The number of fused-ring (bicyclic) bond motifs is 3. The average Bonchev–Trinajstić information content (AvgIpc) is 3.43. The second-order valence-electron chi connectivity index (χ2n) is 11.4. The van der Waals surface area contributed by atoms with Gasteiger partial charge in [-0.1, -0.05) is 6.92 Å². The maximum atomic E-state index is 14.2. The highest BCUT2D eigenvalue weighted by molar-refractivity contribution is 6.20. The monoisotopic (exact) mass is 534 g/mol. The molecule has 5 fully saturated rings. The molecule has 4 saturated heterocycles. The van der Waals surface area contributed by atoms with Crippen LogP contribution in [-0.2, 0) is 9.59 Å². The van der Waals surface area contributed by atoms with Gasteiger partial charge in [-0.3, -0.25) is 19.8 Å². The Morgan fingerprint density at radius 3 is 2.53 bits per heavy atom. The lowest BCUT2D eigenvalue weighted by molar-refractivity contribution is -0.203. The number of halogens is 4. The molecule has 8 nitrogen and oxygen atoms in total. The highest BCUT2D eigenvalue weighted by Crippen LogP contribution is 2.42. The minimum absolute atomic E-state index is 0.0400. The zero-order chi connectivity index (χ0) is 25.8. The SMILES string of the molecule is C[C@@H]1CCN(C2CCC([C@H](N(C)C(=O)[C@@H]3CNC(=O)C3)C(F)(F)F)CC2)C2CNC3CC(Cl)NN3C21. The number of nitrogens with one attached hydrogen (secondary N) is 3. The Morgan fingerprint density at radius 1 is 1.17 bits per heavy atom. The maximum Gasteiger partial charge on any atom is 0.409 e. The van der Waals surface area contributed by atoms with E-state index in [1.54, 1.807) is 0 Å². The van der Waals surface area contributed by atoms with Crippen molar-refractivity contribution in [3.05, 3.63) is 0 Å². The van der Waals surface area contributed by atoms with Crippen molar-refractivity contribution in [1.29, 1.82) is 0 Å². The molecule has 5 aliphatic rings. The first kappa shape index (κ1) is 26.5. The predicted octanol–water partition coefficient (Wildman–Crippen LogP) is 1.85. The molecule has 5 rings (SSSR count). The number of carbonyl (C=O) groups is 2. The molecular formula is C24H38ClF3N6O2. The molecule has 4 heterocycles. The van der Waals surface area contributed by atoms with E-state index in [1.807, 2.05) is 0 Å². The van der Waals surface area contributed by atoms with Crippen molar-refractivity contribution in [2.75, 3.05) is 26.7 Å². The zero-order valence-electron chi connectivity index (χ0n) is 20.9. The molecule has 12 heteroatoms. The molecule has 36 heavy (non-hydrogen) atoms. The highest BCUT2D eigenvalue weighted by Gasteiger charge is 2.53. The number of hydrazine groups is 1. The van der Waals surface area contributed by atoms with E-state index in [0.29, 0.717) is 37.6 Å². The van der Waals surface area contributed by atoms with Crippen LogP contribution in [0.25, 0.3) is 0 Å². The molecule has 0 radical (unpaired) electrons. The number of hydrogen-bond acceptors (Lipinski definition) is 6. The van der Waals surface area contributed by atoms with Gasteiger partial charge in [-0.15, -0.1) is 11.6 Å². The molecule has 4 aliphatic heterocycles. The fourth-order valence-electron chi connectivity index (χ4n) is 7.52. The maximum absolute atomic E-state index is 14.2. The quantitative estimate of drug-likeness (QED) is 0.377. The number of amides is 2. The van der Waals surface area contributed by atoms with Crippen molar-refractivity contribution >= 4 is 23.4 Å². The molecule has 0 aromatic carbocycles. The molecule has 3 N–H and O–H groups in total. The van der Waals surface area contributed by atoms with Crippen LogP contribution in [-0.4, -0.2) is 95.3 Å². The van der Waals surface area contributed by atoms with Gasteiger partial charge in [0.2, 0.25) is 11.8 Å². The highest BCUT2D eigenvalue weighted by atomic mass is 35.5. The first-order valence-corrected chi connectivity index (χ1v) is 13.8. The second kappa shape index (κ2) is 10.2. The van der Waals surface area contributed by atoms with Crippen LogP contribution in [0.4, 0.5) is 13.2 Å². The minimum atomic E-state index is -4.51. The van der Waals surface area contributed by atoms with Crippen LogP contribution in [0.15, 0.2) is 0 Å². The Hall–Kier alpha value is -1.14. The lowest BCUT2D eigenvalue weighted by Crippen LogP contribution is -2.72. The fourth-order valence-corrected chi connectivity index (χ4v) is 7.80. The predicted molar refractivity (Wildman–Crippen MR) is 129 cm³/mol. The van der Waals surface area contributed by atoms with Gasteiger partial charge in [-0.2, -0.15) is 13.2 Å². The number of piperidine rings is 1. The number of hydrogen-bond donors (Lipinski definition) is 3. The van der Waals surface area contributed by atoms with Crippen LogP contribution in [0.5, 0.6) is 0 Å². The third kappa shape index (κ3) is 4.98. The van der Waals surface area contributed by atoms with Gasteiger partial charge < -0.3 is 10.2 Å². The van der Waals surface area contributed by atoms with Gasteiger partial charge in [0, 0.05) is 51.1 Å². The standard InChI is InChI=1S/C24H38ClF3N6O2/c1-13-7-8-33(17-12-29-19-10-18(25)31-34(19)21(13)17)16-5-3-14(4-6-16)22(24(26,27)28)32(2)23(36)15-9-20(35)30-11-15/h13-19,21-22,29,31H,3-12H2,1-2H3,(H,30,35)/t13-,14?,15+,16?,17?,18?,19?,21?,22+/m1/s1. The molecule has 1 saturated carbocycles. The average molecular weight is 535 g/mol. The largest absolute Gasteiger partial charge is 0.409 e. The summed E-state index contributed by atoms with van der Waals surface area (Å²) >= 11 is 6.38. The van der Waals surface area contributed by atoms with Gasteiger partial charge >= 0.3 is 6.18 Å². The normalized spacial score (nSPS) is 40.9. The van der Waals surface area contributed by atoms with Crippen LogP contribution in [0.3, 0.4) is 0 Å². The van der Waals surface area contributed by atoms with E-state index < -0.39 is 30.0 Å². The lowest BCUT2D eigenvalue weighted by Gasteiger charge is -2.55. The Balaban J connectivity index is 1.24. The molecule has 4 unspecified atom stereocenters. The summed E-state index contributed by atoms with van der Waals surface area (Å²) in [5, 5.41) is 8.46. The molecular weight excluding hydrogens is 497 g/mol. The molecule has 0 aromatic heterocycles. The molecule has 0 aromatic rings. The Kier molecular flexibility index (Phi) is 7.50. The molecule has 7 atom stereocenters. The summed E-state index contributed by atoms with van der Waals surface area (Å²) in [7, 11) is 1.25. The van der Waals surface area contributed by atoms with Gasteiger partial charge in [0.15, 0.2) is 0 Å². The number of rotatable bonds is 4. The molecule has 0 bridgehead atoms. The summed E-state index contributed by atoms with van der Waals surface area (Å²) in [5.74, 6) is -1.72.